The first-order valence-corrected chi connectivity index (χ1v) is 7.78. The van der Waals surface area contributed by atoms with Gasteiger partial charge in [0.15, 0.2) is 0 Å². The SMILES string of the molecule is CCCNCC1CCC(C)(C)CC1CCCOC. The first-order valence-electron chi connectivity index (χ1n) is 7.78. The number of nitrogens with one attached hydrogen (secondary N) is 1. The van der Waals surface area contributed by atoms with Gasteiger partial charge >= 0.3 is 0 Å². The van der Waals surface area contributed by atoms with E-state index < -0.39 is 0 Å². The Balaban J connectivity index is 2.40. The van der Waals surface area contributed by atoms with Crippen LogP contribution >= 0.6 is 0 Å². The van der Waals surface area contributed by atoms with Crippen LogP contribution in [-0.4, -0.2) is 26.8 Å². The van der Waals surface area contributed by atoms with Crippen LogP contribution in [0.3, 0.4) is 0 Å². The minimum absolute atomic E-state index is 0.555. The molecule has 2 heteroatoms. The Bertz CT molecular complexity index is 215. The van der Waals surface area contributed by atoms with Gasteiger partial charge in [0, 0.05) is 13.7 Å². The summed E-state index contributed by atoms with van der Waals surface area (Å²) in [6, 6.07) is 0. The van der Waals surface area contributed by atoms with E-state index in [1.807, 2.05) is 7.11 Å². The van der Waals surface area contributed by atoms with Crippen LogP contribution in [0, 0.1) is 17.3 Å². The number of hydrogen-bond donors (Lipinski definition) is 1. The van der Waals surface area contributed by atoms with Gasteiger partial charge in [-0.15, -0.1) is 0 Å². The normalized spacial score (nSPS) is 27.3. The smallest absolute Gasteiger partial charge is 0.0462 e. The van der Waals surface area contributed by atoms with Gasteiger partial charge in [-0.25, -0.2) is 0 Å². The zero-order valence-corrected chi connectivity index (χ0v) is 12.9. The second kappa shape index (κ2) is 8.16. The van der Waals surface area contributed by atoms with Crippen molar-refractivity contribution in [3.05, 3.63) is 0 Å². The molecule has 2 atom stereocenters. The molecule has 2 nitrogen and oxygen atoms in total. The van der Waals surface area contributed by atoms with Gasteiger partial charge in [-0.2, -0.15) is 0 Å². The lowest BCUT2D eigenvalue weighted by Gasteiger charge is -2.41. The van der Waals surface area contributed by atoms with Crippen LogP contribution in [0.15, 0.2) is 0 Å². The van der Waals surface area contributed by atoms with Gasteiger partial charge in [0.05, 0.1) is 0 Å². The standard InChI is InChI=1S/C16H33NO/c1-5-10-17-13-15-8-9-16(2,3)12-14(15)7-6-11-18-4/h14-15,17H,5-13H2,1-4H3. The molecule has 0 aromatic carbocycles. The number of ether oxygens (including phenoxy) is 1. The van der Waals surface area contributed by atoms with E-state index >= 15 is 0 Å². The minimum atomic E-state index is 0.555. The lowest BCUT2D eigenvalue weighted by atomic mass is 9.66. The van der Waals surface area contributed by atoms with Gasteiger partial charge in [-0.05, 0) is 68.9 Å². The highest BCUT2D eigenvalue weighted by molar-refractivity contribution is 4.85. The maximum Gasteiger partial charge on any atom is 0.0462 e. The Kier molecular flexibility index (Phi) is 7.25. The van der Waals surface area contributed by atoms with Crippen molar-refractivity contribution in [2.24, 2.45) is 17.3 Å². The van der Waals surface area contributed by atoms with Gasteiger partial charge in [0.1, 0.15) is 0 Å². The molecule has 0 amide bonds. The van der Waals surface area contributed by atoms with E-state index in [4.69, 9.17) is 4.74 Å². The second-order valence-corrected chi connectivity index (χ2v) is 6.77. The number of methoxy groups -OCH3 is 1. The summed E-state index contributed by atoms with van der Waals surface area (Å²) in [5.41, 5.74) is 0.555. The Morgan fingerprint density at radius 3 is 2.72 bits per heavy atom. The molecule has 0 spiro atoms. The quantitative estimate of drug-likeness (QED) is 0.665. The average molecular weight is 255 g/mol. The second-order valence-electron chi connectivity index (χ2n) is 6.77. The molecule has 1 aliphatic carbocycles. The van der Waals surface area contributed by atoms with Crippen LogP contribution in [0.2, 0.25) is 0 Å². The Labute approximate surface area is 114 Å². The summed E-state index contributed by atoms with van der Waals surface area (Å²) in [4.78, 5) is 0. The van der Waals surface area contributed by atoms with Gasteiger partial charge in [-0.3, -0.25) is 0 Å². The Hall–Kier alpha value is -0.0800. The monoisotopic (exact) mass is 255 g/mol. The predicted molar refractivity (Wildman–Crippen MR) is 78.9 cm³/mol. The van der Waals surface area contributed by atoms with Crippen molar-refractivity contribution in [1.82, 2.24) is 5.32 Å². The summed E-state index contributed by atoms with van der Waals surface area (Å²) in [6.45, 7) is 10.4. The maximum absolute atomic E-state index is 5.20. The summed E-state index contributed by atoms with van der Waals surface area (Å²) >= 11 is 0. The number of rotatable bonds is 8. The van der Waals surface area contributed by atoms with E-state index in [-0.39, 0.29) is 0 Å². The molecule has 2 unspecified atom stereocenters. The molecule has 18 heavy (non-hydrogen) atoms. The van der Waals surface area contributed by atoms with Gasteiger partial charge < -0.3 is 10.1 Å². The summed E-state index contributed by atoms with van der Waals surface area (Å²) in [5.74, 6) is 1.79. The van der Waals surface area contributed by atoms with Crippen LogP contribution in [0.5, 0.6) is 0 Å². The molecule has 0 radical (unpaired) electrons. The third kappa shape index (κ3) is 5.71. The molecule has 1 fully saturated rings. The van der Waals surface area contributed by atoms with Crippen LogP contribution in [0.4, 0.5) is 0 Å². The van der Waals surface area contributed by atoms with Crippen LogP contribution < -0.4 is 5.32 Å². The largest absolute Gasteiger partial charge is 0.385 e. The first kappa shape index (κ1) is 16.0. The van der Waals surface area contributed by atoms with Crippen molar-refractivity contribution < 1.29 is 4.74 Å². The third-order valence-electron chi connectivity index (χ3n) is 4.43. The van der Waals surface area contributed by atoms with Crippen molar-refractivity contribution in [3.8, 4) is 0 Å². The van der Waals surface area contributed by atoms with Gasteiger partial charge in [0.2, 0.25) is 0 Å². The molecule has 0 aromatic heterocycles. The average Bonchev–Trinajstić information content (AvgIpc) is 2.32. The van der Waals surface area contributed by atoms with E-state index in [1.54, 1.807) is 0 Å². The van der Waals surface area contributed by atoms with Gasteiger partial charge in [0.25, 0.3) is 0 Å². The molecule has 0 aliphatic heterocycles. The highest BCUT2D eigenvalue weighted by Gasteiger charge is 2.33. The Morgan fingerprint density at radius 2 is 2.06 bits per heavy atom. The maximum atomic E-state index is 5.20. The van der Waals surface area contributed by atoms with E-state index in [1.165, 1.54) is 51.6 Å². The molecule has 0 bridgehead atoms. The molecule has 1 saturated carbocycles. The molecule has 0 heterocycles. The summed E-state index contributed by atoms with van der Waals surface area (Å²) in [5, 5.41) is 3.62. The molecule has 1 rings (SSSR count). The number of hydrogen-bond acceptors (Lipinski definition) is 2. The topological polar surface area (TPSA) is 21.3 Å². The van der Waals surface area contributed by atoms with Crippen molar-refractivity contribution in [3.63, 3.8) is 0 Å². The molecule has 1 N–H and O–H groups in total. The molecular weight excluding hydrogens is 222 g/mol. The van der Waals surface area contributed by atoms with Crippen molar-refractivity contribution in [2.45, 2.75) is 59.3 Å². The lowest BCUT2D eigenvalue weighted by molar-refractivity contribution is 0.0984. The minimum Gasteiger partial charge on any atom is -0.385 e. The van der Waals surface area contributed by atoms with Crippen molar-refractivity contribution in [1.29, 1.82) is 0 Å². The fraction of sp³-hybridized carbons (Fsp3) is 1.00. The lowest BCUT2D eigenvalue weighted by Crippen LogP contribution is -2.36. The highest BCUT2D eigenvalue weighted by atomic mass is 16.5. The van der Waals surface area contributed by atoms with Crippen molar-refractivity contribution in [2.75, 3.05) is 26.8 Å². The van der Waals surface area contributed by atoms with E-state index in [9.17, 15) is 0 Å². The summed E-state index contributed by atoms with van der Waals surface area (Å²) in [6.07, 6.45) is 8.01. The molecule has 108 valence electrons. The summed E-state index contributed by atoms with van der Waals surface area (Å²) < 4.78 is 5.20. The third-order valence-corrected chi connectivity index (χ3v) is 4.43. The van der Waals surface area contributed by atoms with Crippen LogP contribution in [0.1, 0.15) is 59.3 Å². The van der Waals surface area contributed by atoms with E-state index in [2.05, 4.69) is 26.1 Å². The van der Waals surface area contributed by atoms with Crippen molar-refractivity contribution >= 4 is 0 Å². The fourth-order valence-corrected chi connectivity index (χ4v) is 3.35. The Morgan fingerprint density at radius 1 is 1.28 bits per heavy atom. The van der Waals surface area contributed by atoms with E-state index in [0.29, 0.717) is 5.41 Å². The van der Waals surface area contributed by atoms with E-state index in [0.717, 1.165) is 18.4 Å². The summed E-state index contributed by atoms with van der Waals surface area (Å²) in [7, 11) is 1.81. The predicted octanol–water partition coefficient (Wildman–Crippen LogP) is 3.86. The fourth-order valence-electron chi connectivity index (χ4n) is 3.35. The first-order chi connectivity index (χ1) is 8.59. The van der Waals surface area contributed by atoms with Crippen LogP contribution in [-0.2, 0) is 4.74 Å². The zero-order chi connectivity index (χ0) is 13.4. The zero-order valence-electron chi connectivity index (χ0n) is 12.9. The molecule has 0 saturated heterocycles. The molecular formula is C16H33NO. The van der Waals surface area contributed by atoms with Gasteiger partial charge in [-0.1, -0.05) is 20.8 Å². The molecule has 0 aromatic rings. The van der Waals surface area contributed by atoms with Crippen LogP contribution in [0.25, 0.3) is 0 Å². The highest BCUT2D eigenvalue weighted by Crippen LogP contribution is 2.43. The molecule has 1 aliphatic rings.